The molecule has 9 rings (SSSR count). The highest BCUT2D eigenvalue weighted by Gasteiger charge is 2.52. The molecule has 6 saturated heterocycles. The normalized spacial score (nSPS) is 31.8. The van der Waals surface area contributed by atoms with E-state index in [0.29, 0.717) is 19.3 Å². The zero-order chi connectivity index (χ0) is 103. The van der Waals surface area contributed by atoms with E-state index in [-0.39, 0.29) is 102 Å². The van der Waals surface area contributed by atoms with Crippen LogP contribution in [0.25, 0.3) is 0 Å². The number of carbonyl (C=O) groups is 10. The highest BCUT2D eigenvalue weighted by atomic mass is 16.8. The Labute approximate surface area is 800 Å². The van der Waals surface area contributed by atoms with Gasteiger partial charge in [-0.2, -0.15) is 0 Å². The minimum atomic E-state index is -1.86. The number of nitrogens with one attached hydrogen (secondary N) is 10. The molecule has 33 atom stereocenters. The number of unbranched alkanes of at least 4 members (excludes halogenated alkanes) is 2. The Kier molecular flexibility index (Phi) is 46.5. The summed E-state index contributed by atoms with van der Waals surface area (Å²) in [5.41, 5.74) is 2.54. The number of carbonyl (C=O) groups excluding carboxylic acids is 10. The quantitative estimate of drug-likeness (QED) is 0.0108. The first kappa shape index (κ1) is 115. The number of rotatable bonds is 55. The number of ether oxygens (including phenoxy) is 12. The van der Waals surface area contributed by atoms with Gasteiger partial charge in [0, 0.05) is 39.2 Å². The number of aromatic nitrogens is 9. The third kappa shape index (κ3) is 34.2. The van der Waals surface area contributed by atoms with Gasteiger partial charge < -0.3 is 212 Å². The average molecular weight is 2030 g/mol. The van der Waals surface area contributed by atoms with Gasteiger partial charge in [0.2, 0.25) is 59.1 Å². The summed E-state index contributed by atoms with van der Waals surface area (Å²) in [6, 6.07) is -4.65. The molecule has 798 valence electrons. The van der Waals surface area contributed by atoms with Gasteiger partial charge in [-0.15, -0.1) is 15.3 Å². The van der Waals surface area contributed by atoms with Crippen molar-refractivity contribution in [2.45, 2.75) is 313 Å². The second kappa shape index (κ2) is 56.9. The van der Waals surface area contributed by atoms with E-state index >= 15 is 0 Å². The van der Waals surface area contributed by atoms with Crippen LogP contribution in [0, 0.1) is 0 Å². The average Bonchev–Trinajstić information content (AvgIpc) is 1.30. The van der Waals surface area contributed by atoms with Crippen molar-refractivity contribution in [3.63, 3.8) is 0 Å². The van der Waals surface area contributed by atoms with Gasteiger partial charge in [0.05, 0.1) is 130 Å². The van der Waals surface area contributed by atoms with Crippen LogP contribution >= 0.6 is 0 Å². The van der Waals surface area contributed by atoms with Gasteiger partial charge in [-0.3, -0.25) is 53.4 Å². The third-order valence-corrected chi connectivity index (χ3v) is 23.2. The van der Waals surface area contributed by atoms with Crippen molar-refractivity contribution in [1.29, 1.82) is 0 Å². The fourth-order valence-electron chi connectivity index (χ4n) is 14.9. The number of amides is 10. The lowest BCUT2D eigenvalue weighted by Crippen LogP contribution is -2.61. The summed E-state index contributed by atoms with van der Waals surface area (Å²) in [5.74, 6) is -3.11. The van der Waals surface area contributed by atoms with E-state index < -0.39 is 340 Å². The summed E-state index contributed by atoms with van der Waals surface area (Å²) < 4.78 is 69.9. The van der Waals surface area contributed by atoms with Crippen molar-refractivity contribution in [3.05, 3.63) is 35.7 Å². The molecular formula is C78H128N20O43. The van der Waals surface area contributed by atoms with E-state index in [1.807, 2.05) is 5.43 Å². The summed E-state index contributed by atoms with van der Waals surface area (Å²) >= 11 is 0. The van der Waals surface area contributed by atoms with Gasteiger partial charge in [-0.1, -0.05) is 22.1 Å². The van der Waals surface area contributed by atoms with Gasteiger partial charge in [0.25, 0.3) is 0 Å². The van der Waals surface area contributed by atoms with Crippen molar-refractivity contribution >= 4 is 59.1 Å². The van der Waals surface area contributed by atoms with Crippen molar-refractivity contribution in [2.24, 2.45) is 5.84 Å². The maximum absolute atomic E-state index is 14.2. The zero-order valence-corrected chi connectivity index (χ0v) is 76.1. The smallest absolute Gasteiger partial charge is 0.243 e. The molecule has 0 saturated carbocycles. The predicted molar refractivity (Wildman–Crippen MR) is 452 cm³/mol. The van der Waals surface area contributed by atoms with E-state index in [1.165, 1.54) is 32.6 Å². The Morgan fingerprint density at radius 2 is 0.610 bits per heavy atom. The summed E-state index contributed by atoms with van der Waals surface area (Å²) in [6.45, 7) is -6.75. The van der Waals surface area contributed by atoms with Gasteiger partial charge in [0.15, 0.2) is 37.7 Å². The van der Waals surface area contributed by atoms with Gasteiger partial charge in [-0.05, 0) is 32.1 Å². The number of hydrazine groups is 1. The summed E-state index contributed by atoms with van der Waals surface area (Å²) in [6.07, 6.45) is -47.3. The van der Waals surface area contributed by atoms with Crippen LogP contribution in [0.1, 0.15) is 88.2 Å². The summed E-state index contributed by atoms with van der Waals surface area (Å²) in [5, 5.41) is 262. The molecule has 6 aliphatic heterocycles. The van der Waals surface area contributed by atoms with Crippen LogP contribution < -0.4 is 59.1 Å². The molecule has 3 aromatic heterocycles. The molecule has 9 heterocycles. The first-order chi connectivity index (χ1) is 67.2. The van der Waals surface area contributed by atoms with Crippen LogP contribution in [-0.4, -0.2) is 493 Å². The fraction of sp³-hybridized carbons (Fsp3) is 0.795. The third-order valence-electron chi connectivity index (χ3n) is 23.2. The Morgan fingerprint density at radius 1 is 0.333 bits per heavy atom. The largest absolute Gasteiger partial charge is 0.394 e. The number of hydrogen-bond acceptors (Lipinski definition) is 50. The van der Waals surface area contributed by atoms with Crippen LogP contribution in [0.3, 0.4) is 0 Å². The van der Waals surface area contributed by atoms with Crippen molar-refractivity contribution < 1.29 is 212 Å². The van der Waals surface area contributed by atoms with Crippen molar-refractivity contribution in [3.8, 4) is 0 Å². The lowest BCUT2D eigenvalue weighted by atomic mass is 9.98. The molecule has 6 aliphatic rings. The molecule has 141 heavy (non-hydrogen) atoms. The molecule has 6 fully saturated rings. The molecule has 63 nitrogen and oxygen atoms in total. The first-order valence-electron chi connectivity index (χ1n) is 45.1. The molecule has 3 unspecified atom stereocenters. The Hall–Kier alpha value is -9.24. The molecule has 0 aromatic carbocycles. The molecule has 0 aliphatic carbocycles. The Bertz CT molecular complexity index is 4400. The van der Waals surface area contributed by atoms with E-state index in [9.17, 15) is 155 Å². The minimum absolute atomic E-state index is 0.0189. The molecule has 0 radical (unpaired) electrons. The second-order valence-corrected chi connectivity index (χ2v) is 33.7. The highest BCUT2D eigenvalue weighted by molar-refractivity contribution is 5.95. The monoisotopic (exact) mass is 2030 g/mol. The number of hydrogen-bond donors (Lipinski definition) is 32. The topological polar surface area (TPSA) is 945 Å². The minimum Gasteiger partial charge on any atom is -0.394 e. The number of nitrogens with zero attached hydrogens (tertiary/aromatic N) is 9. The van der Waals surface area contributed by atoms with Crippen LogP contribution in [0.4, 0.5) is 0 Å². The standard InChI is InChI=1S/C78H128N20O43/c1-33(102)86-37(6-9-46(103)81-19-34-24-96(93-90-34)13-16-130-73-64(121)61(118)55(112)43(139-73)30-133-76-67(124)58(115)52(109)40(27-99)136-76)71(128)84-22-51(108)88-39(8-11-48(105)83-21-36-26-98(95-92-36)15-18-132-75-66(123)63(120)57(114)45(141-75)32-135-78-69(126)60(117)54(111)42(29-101)138-78)72(129)85-23-50(107)87-38(70(127)80-12-4-2-3-5-49(106)89-79)7-10-47(104)82-20-35-25-97(94-91-35)14-17-131-74-65(122)62(119)56(113)44(140-74)31-134-77-68(125)59(116)53(110)41(28-100)137-77/h24-26,37-45,52-69,73-78,99-101,109-126H,2-23,27-32,79H2,1H3,(H,80,127)(H,81,103)(H,82,104)(H,83,105)(H,84,128)(H,85,129)(H,86,102)(H,87,107)(H,88,108)(H,89,106)/t37?,38?,39?,40-,41-,42-,43-,44-,45-,52-,53-,54-,55-,56-,57+,58+,59+,60+,61+,62+,63+,64+,65+,66+,67+,68+,69+,73+,74+,75+,76+,77+,78+/m1/s1. The Balaban J connectivity index is 0.770. The SMILES string of the molecule is CC(=O)NC(CCC(=O)NCc1cn(CCO[C@H]2O[C@H](CO[C@H]3O[C@H](CO)[C@@H](O)[C@H](O)[C@@H]3O)[C@@H](O)[C@H](O)[C@@H]2O)nn1)C(=O)NCC(=O)NC(CCC(=O)NCc1cn(CCO[C@H]2O[C@H](CO[C@H]3O[C@H](CO)[C@@H](O)[C@H](O)[C@@H]3O)[C@H](O)[C@H](O)[C@@H]2O)nn1)C(=O)NCC(=O)NC(CCC(=O)NCc1cn(CCO[C@H]2O[C@H](CO[C@H]3O[C@H](CO)[C@@H](O)[C@H](O)[C@@H]3O)[C@@H](O)[C@H](O)[C@@H]2O)nn1)C(=O)NCCCCCC(=O)NN. The molecule has 63 heteroatoms. The number of nitrogens with two attached hydrogens (primary N) is 1. The maximum Gasteiger partial charge on any atom is 0.243 e. The highest BCUT2D eigenvalue weighted by Crippen LogP contribution is 2.31. The van der Waals surface area contributed by atoms with Gasteiger partial charge >= 0.3 is 0 Å². The number of aliphatic hydroxyl groups is 21. The van der Waals surface area contributed by atoms with Crippen molar-refractivity contribution in [2.75, 3.05) is 79.1 Å². The summed E-state index contributed by atoms with van der Waals surface area (Å²) in [4.78, 5) is 134. The van der Waals surface area contributed by atoms with Crippen LogP contribution in [0.5, 0.6) is 0 Å². The number of aliphatic hydroxyl groups excluding tert-OH is 21. The van der Waals surface area contributed by atoms with Crippen molar-refractivity contribution in [1.82, 2.24) is 98.3 Å². The second-order valence-electron chi connectivity index (χ2n) is 33.7. The zero-order valence-electron chi connectivity index (χ0n) is 76.1. The van der Waals surface area contributed by atoms with Crippen LogP contribution in [0.15, 0.2) is 18.6 Å². The molecule has 33 N–H and O–H groups in total. The molecule has 0 bridgehead atoms. The van der Waals surface area contributed by atoms with E-state index in [0.717, 1.165) is 6.92 Å². The predicted octanol–water partition coefficient (Wildman–Crippen LogP) is -20.7. The first-order valence-corrected chi connectivity index (χ1v) is 45.1. The molecule has 0 spiro atoms. The maximum atomic E-state index is 14.2. The van der Waals surface area contributed by atoms with Crippen LogP contribution in [-0.2, 0) is 144 Å². The lowest BCUT2D eigenvalue weighted by molar-refractivity contribution is -0.331. The van der Waals surface area contributed by atoms with E-state index in [4.69, 9.17) is 62.7 Å². The van der Waals surface area contributed by atoms with E-state index in [2.05, 4.69) is 78.8 Å². The lowest BCUT2D eigenvalue weighted by Gasteiger charge is -2.42. The summed E-state index contributed by atoms with van der Waals surface area (Å²) in [7, 11) is 0. The van der Waals surface area contributed by atoms with E-state index in [1.54, 1.807) is 0 Å². The molecule has 3 aromatic rings. The fourth-order valence-corrected chi connectivity index (χ4v) is 14.9. The Morgan fingerprint density at radius 3 is 0.901 bits per heavy atom. The molecule has 10 amide bonds. The van der Waals surface area contributed by atoms with Crippen LogP contribution in [0.2, 0.25) is 0 Å². The van der Waals surface area contributed by atoms with Gasteiger partial charge in [0.1, 0.15) is 182 Å². The van der Waals surface area contributed by atoms with Gasteiger partial charge in [-0.25, -0.2) is 19.9 Å². The molecular weight excluding hydrogens is 1900 g/mol.